The minimum atomic E-state index is -1.14. The van der Waals surface area contributed by atoms with E-state index in [4.69, 9.17) is 5.73 Å². The zero-order valence-corrected chi connectivity index (χ0v) is 24.0. The zero-order chi connectivity index (χ0) is 31.4. The molecule has 3 aromatic carbocycles. The molecule has 1 atom stereocenters. The van der Waals surface area contributed by atoms with Crippen LogP contribution in [0.2, 0.25) is 0 Å². The molecule has 1 unspecified atom stereocenters. The average Bonchev–Trinajstić information content (AvgIpc) is 3.57. The van der Waals surface area contributed by atoms with E-state index < -0.39 is 41.4 Å². The lowest BCUT2D eigenvalue weighted by Crippen LogP contribution is -2.54. The highest BCUT2D eigenvalue weighted by molar-refractivity contribution is 6.23. The number of aromatic nitrogens is 2. The highest BCUT2D eigenvalue weighted by Crippen LogP contribution is 2.31. The molecule has 4 heterocycles. The average molecular weight is 610 g/mol. The molecule has 5 amide bonds. The van der Waals surface area contributed by atoms with E-state index in [1.807, 2.05) is 36.5 Å². The molecule has 0 bridgehead atoms. The van der Waals surface area contributed by atoms with Crippen molar-refractivity contribution in [2.24, 2.45) is 5.73 Å². The fourth-order valence-electron chi connectivity index (χ4n) is 6.31. The van der Waals surface area contributed by atoms with Crippen molar-refractivity contribution in [2.45, 2.75) is 25.4 Å². The zero-order valence-electron chi connectivity index (χ0n) is 24.0. The maximum absolute atomic E-state index is 15.2. The number of nitrogens with one attached hydrogen (secondary N) is 1. The number of fused-ring (bicyclic) bond motifs is 2. The van der Waals surface area contributed by atoms with Gasteiger partial charge in [-0.05, 0) is 54.4 Å². The number of carbonyl (C=O) groups is 5. The Morgan fingerprint density at radius 2 is 1.69 bits per heavy atom. The summed E-state index contributed by atoms with van der Waals surface area (Å²) in [6, 6.07) is 14.9. The van der Waals surface area contributed by atoms with E-state index in [1.54, 1.807) is 16.8 Å². The molecule has 13 heteroatoms. The monoisotopic (exact) mass is 609 g/mol. The van der Waals surface area contributed by atoms with Gasteiger partial charge in [0.25, 0.3) is 17.7 Å². The first-order valence-electron chi connectivity index (χ1n) is 14.6. The summed E-state index contributed by atoms with van der Waals surface area (Å²) >= 11 is 0. The van der Waals surface area contributed by atoms with Gasteiger partial charge in [0.15, 0.2) is 0 Å². The van der Waals surface area contributed by atoms with Gasteiger partial charge in [0.1, 0.15) is 17.4 Å². The molecule has 0 spiro atoms. The van der Waals surface area contributed by atoms with Gasteiger partial charge in [-0.15, -0.1) is 0 Å². The first-order chi connectivity index (χ1) is 21.7. The van der Waals surface area contributed by atoms with Crippen LogP contribution in [0.1, 0.15) is 49.5 Å². The van der Waals surface area contributed by atoms with Crippen LogP contribution in [-0.4, -0.2) is 81.3 Å². The summed E-state index contributed by atoms with van der Waals surface area (Å²) in [5, 5.41) is 7.52. The predicted molar refractivity (Wildman–Crippen MR) is 160 cm³/mol. The van der Waals surface area contributed by atoms with E-state index in [-0.39, 0.29) is 24.0 Å². The number of benzene rings is 3. The molecule has 0 radical (unpaired) electrons. The molecule has 3 aliphatic heterocycles. The lowest BCUT2D eigenvalue weighted by Gasteiger charge is -2.36. The Hall–Kier alpha value is -5.43. The smallest absolute Gasteiger partial charge is 0.265 e. The second-order valence-electron chi connectivity index (χ2n) is 11.4. The Bertz CT molecular complexity index is 1910. The van der Waals surface area contributed by atoms with Gasteiger partial charge >= 0.3 is 0 Å². The summed E-state index contributed by atoms with van der Waals surface area (Å²) in [6.07, 6.45) is 1.86. The van der Waals surface area contributed by atoms with Gasteiger partial charge in [0, 0.05) is 56.4 Å². The van der Waals surface area contributed by atoms with Crippen LogP contribution < -0.4 is 16.0 Å². The van der Waals surface area contributed by atoms with Crippen LogP contribution in [0.15, 0.2) is 60.8 Å². The van der Waals surface area contributed by atoms with Crippen LogP contribution in [0.5, 0.6) is 0 Å². The van der Waals surface area contributed by atoms with Crippen molar-refractivity contribution in [3.63, 3.8) is 0 Å². The molecule has 0 aliphatic carbocycles. The van der Waals surface area contributed by atoms with E-state index in [0.29, 0.717) is 36.3 Å². The number of piperazine rings is 1. The number of nitrogens with zero attached hydrogens (tertiary/aromatic N) is 5. The molecule has 3 aliphatic rings. The van der Waals surface area contributed by atoms with Gasteiger partial charge in [-0.25, -0.2) is 9.07 Å². The Labute approximate surface area is 256 Å². The Balaban J connectivity index is 1.00. The van der Waals surface area contributed by atoms with Crippen LogP contribution in [0, 0.1) is 5.82 Å². The SMILES string of the molecule is NC(=O)c1cccc2cn(-c3ccc(N4CCN(Cc5cc(F)c6c(c5)C(=O)N(C5CCC(=O)NC5=O)C6=O)CC4)cc3)nc12. The van der Waals surface area contributed by atoms with Crippen molar-refractivity contribution in [1.29, 1.82) is 0 Å². The quantitative estimate of drug-likeness (QED) is 0.315. The predicted octanol–water partition coefficient (Wildman–Crippen LogP) is 1.99. The second-order valence-corrected chi connectivity index (χ2v) is 11.4. The van der Waals surface area contributed by atoms with Crippen LogP contribution in [0.4, 0.5) is 10.1 Å². The molecule has 12 nitrogen and oxygen atoms in total. The van der Waals surface area contributed by atoms with Gasteiger partial charge < -0.3 is 10.6 Å². The third-order valence-corrected chi connectivity index (χ3v) is 8.61. The minimum Gasteiger partial charge on any atom is -0.369 e. The van der Waals surface area contributed by atoms with E-state index >= 15 is 4.39 Å². The molecule has 2 fully saturated rings. The van der Waals surface area contributed by atoms with Crippen molar-refractivity contribution in [1.82, 2.24) is 24.9 Å². The molecule has 4 aromatic rings. The minimum absolute atomic E-state index is 0.00547. The Kier molecular flexibility index (Phi) is 6.89. The van der Waals surface area contributed by atoms with Crippen LogP contribution in [0.3, 0.4) is 0 Å². The number of primary amides is 1. The molecular formula is C32H28FN7O5. The summed E-state index contributed by atoms with van der Waals surface area (Å²) in [5.74, 6) is -4.11. The summed E-state index contributed by atoms with van der Waals surface area (Å²) in [6.45, 7) is 3.21. The fraction of sp³-hybridized carbons (Fsp3) is 0.250. The normalized spacial score (nSPS) is 18.9. The number of imide groups is 2. The summed E-state index contributed by atoms with van der Waals surface area (Å²) in [4.78, 5) is 66.9. The second kappa shape index (κ2) is 10.9. The number of anilines is 1. The van der Waals surface area contributed by atoms with Gasteiger partial charge in [-0.1, -0.05) is 12.1 Å². The number of nitrogens with two attached hydrogens (primary N) is 1. The highest BCUT2D eigenvalue weighted by atomic mass is 19.1. The molecule has 2 saturated heterocycles. The van der Waals surface area contributed by atoms with Gasteiger partial charge in [0.05, 0.1) is 22.4 Å². The Morgan fingerprint density at radius 1 is 0.956 bits per heavy atom. The van der Waals surface area contributed by atoms with Gasteiger partial charge in [-0.3, -0.25) is 39.1 Å². The number of hydrogen-bond donors (Lipinski definition) is 2. The molecule has 7 rings (SSSR count). The lowest BCUT2D eigenvalue weighted by molar-refractivity contribution is -0.136. The van der Waals surface area contributed by atoms with Crippen molar-refractivity contribution in [3.05, 3.63) is 88.9 Å². The van der Waals surface area contributed by atoms with Crippen molar-refractivity contribution in [3.8, 4) is 5.69 Å². The number of carbonyl (C=O) groups excluding carboxylic acids is 5. The fourth-order valence-corrected chi connectivity index (χ4v) is 6.31. The third-order valence-electron chi connectivity index (χ3n) is 8.61. The standard InChI is InChI=1S/C32H28FN7O5/c33-24-15-18(14-23-27(24)32(45)40(31(23)44)25-8-9-26(41)35-30(25)43)16-37-10-12-38(13-11-37)20-4-6-21(7-5-20)39-17-19-2-1-3-22(29(34)42)28(19)36-39/h1-7,14-15,17,25H,8-13,16H2,(H2,34,42)(H,35,41,43). The maximum Gasteiger partial charge on any atom is 0.265 e. The summed E-state index contributed by atoms with van der Waals surface area (Å²) < 4.78 is 16.9. The Morgan fingerprint density at radius 3 is 2.40 bits per heavy atom. The number of piperidine rings is 1. The van der Waals surface area contributed by atoms with Crippen molar-refractivity contribution in [2.75, 3.05) is 31.1 Å². The van der Waals surface area contributed by atoms with Gasteiger partial charge in [0.2, 0.25) is 11.8 Å². The van der Waals surface area contributed by atoms with E-state index in [0.717, 1.165) is 34.8 Å². The molecule has 228 valence electrons. The van der Waals surface area contributed by atoms with Gasteiger partial charge in [-0.2, -0.15) is 5.10 Å². The third kappa shape index (κ3) is 5.00. The number of amides is 5. The topological polar surface area (TPSA) is 151 Å². The first kappa shape index (κ1) is 28.3. The first-order valence-corrected chi connectivity index (χ1v) is 14.6. The highest BCUT2D eigenvalue weighted by Gasteiger charge is 2.46. The van der Waals surface area contributed by atoms with E-state index in [2.05, 4.69) is 20.2 Å². The van der Waals surface area contributed by atoms with Crippen LogP contribution in [0.25, 0.3) is 16.6 Å². The lowest BCUT2D eigenvalue weighted by atomic mass is 10.0. The summed E-state index contributed by atoms with van der Waals surface area (Å²) in [5.41, 5.74) is 8.46. The van der Waals surface area contributed by atoms with E-state index in [1.165, 1.54) is 12.1 Å². The molecule has 0 saturated carbocycles. The largest absolute Gasteiger partial charge is 0.369 e. The van der Waals surface area contributed by atoms with Crippen LogP contribution >= 0.6 is 0 Å². The molecule has 1 aromatic heterocycles. The molecular weight excluding hydrogens is 581 g/mol. The molecule has 3 N–H and O–H groups in total. The van der Waals surface area contributed by atoms with Crippen LogP contribution in [-0.2, 0) is 16.1 Å². The van der Waals surface area contributed by atoms with Crippen molar-refractivity contribution >= 4 is 46.1 Å². The number of rotatable bonds is 6. The number of hydrogen-bond acceptors (Lipinski definition) is 8. The summed E-state index contributed by atoms with van der Waals surface area (Å²) in [7, 11) is 0. The molecule has 45 heavy (non-hydrogen) atoms. The maximum atomic E-state index is 15.2. The number of halogens is 1. The van der Waals surface area contributed by atoms with E-state index in [9.17, 15) is 24.0 Å². The van der Waals surface area contributed by atoms with Crippen molar-refractivity contribution < 1.29 is 28.4 Å².